The van der Waals surface area contributed by atoms with Gasteiger partial charge >= 0.3 is 0 Å². The summed E-state index contributed by atoms with van der Waals surface area (Å²) in [5, 5.41) is 19.4. The predicted octanol–water partition coefficient (Wildman–Crippen LogP) is 8.90. The quantitative estimate of drug-likeness (QED) is 0.0376. The molecule has 1 unspecified atom stereocenters. The molecule has 0 aromatic carbocycles. The number of rotatable bonds is 40. The van der Waals surface area contributed by atoms with E-state index in [1.165, 1.54) is 167 Å². The molecule has 2 N–H and O–H groups in total. The smallest absolute Gasteiger partial charge is 0.130 e. The normalized spacial score (nSPS) is 13.4. The summed E-state index contributed by atoms with van der Waals surface area (Å²) >= 11 is 0. The monoisotopic (exact) mass is 730 g/mol. The maximum atomic E-state index is 10.0. The Kier molecular flexibility index (Phi) is 42.7. The van der Waals surface area contributed by atoms with Crippen LogP contribution in [0.3, 0.4) is 0 Å². The molecule has 0 aromatic heterocycles. The highest BCUT2D eigenvalue weighted by Gasteiger charge is 2.26. The number of hydrogen-bond donors (Lipinski definition) is 2. The zero-order valence-electron chi connectivity index (χ0n) is 34.0. The van der Waals surface area contributed by atoms with E-state index in [2.05, 4.69) is 52.2 Å². The van der Waals surface area contributed by atoms with Crippen LogP contribution in [0.25, 0.3) is 0 Å². The molecule has 0 amide bonds. The van der Waals surface area contributed by atoms with Gasteiger partial charge in [-0.25, -0.2) is 0 Å². The first kappa shape index (κ1) is 51.7. The molecule has 300 valence electrons. The summed E-state index contributed by atoms with van der Waals surface area (Å²) in [7, 11) is 4.20. The van der Waals surface area contributed by atoms with E-state index < -0.39 is 6.10 Å². The van der Waals surface area contributed by atoms with E-state index in [0.717, 1.165) is 32.6 Å². The second kappa shape index (κ2) is 41.3. The molecule has 6 heteroatoms. The SMILES string of the molecule is CCCCCCCC/C=C\CCCCCCCCOC[C@H](C[N+](C)(C)CC(O)CO)OCCCCCCCC/C=C\CCCCCCCC.[Cl-]. The lowest BCUT2D eigenvalue weighted by Crippen LogP contribution is -3.00. The van der Waals surface area contributed by atoms with Gasteiger partial charge in [0.1, 0.15) is 25.3 Å². The summed E-state index contributed by atoms with van der Waals surface area (Å²) in [5.74, 6) is 0. The summed E-state index contributed by atoms with van der Waals surface area (Å²) in [5.41, 5.74) is 0. The molecule has 0 radical (unpaired) electrons. The summed E-state index contributed by atoms with van der Waals surface area (Å²) in [4.78, 5) is 0. The Morgan fingerprint density at radius 1 is 0.500 bits per heavy atom. The lowest BCUT2D eigenvalue weighted by molar-refractivity contribution is -0.896. The van der Waals surface area contributed by atoms with E-state index >= 15 is 0 Å². The number of hydrogen-bond acceptors (Lipinski definition) is 4. The highest BCUT2D eigenvalue weighted by Crippen LogP contribution is 2.13. The van der Waals surface area contributed by atoms with E-state index in [1.807, 2.05) is 0 Å². The molecule has 2 atom stereocenters. The van der Waals surface area contributed by atoms with Crippen LogP contribution in [0.1, 0.15) is 194 Å². The van der Waals surface area contributed by atoms with Crippen molar-refractivity contribution in [3.63, 3.8) is 0 Å². The fraction of sp³-hybridized carbons (Fsp3) is 0.909. The van der Waals surface area contributed by atoms with Crippen molar-refractivity contribution in [1.29, 1.82) is 0 Å². The summed E-state index contributed by atoms with van der Waals surface area (Å²) in [6, 6.07) is 0. The van der Waals surface area contributed by atoms with Crippen molar-refractivity contribution in [3.05, 3.63) is 24.3 Å². The topological polar surface area (TPSA) is 58.9 Å². The van der Waals surface area contributed by atoms with Crippen molar-refractivity contribution >= 4 is 0 Å². The van der Waals surface area contributed by atoms with Crippen LogP contribution in [-0.2, 0) is 9.47 Å². The lowest BCUT2D eigenvalue weighted by Gasteiger charge is -2.34. The van der Waals surface area contributed by atoms with Crippen molar-refractivity contribution in [3.8, 4) is 0 Å². The van der Waals surface area contributed by atoms with Gasteiger partial charge in [0, 0.05) is 13.2 Å². The van der Waals surface area contributed by atoms with Crippen LogP contribution in [0.4, 0.5) is 0 Å². The molecule has 0 aliphatic rings. The van der Waals surface area contributed by atoms with Gasteiger partial charge < -0.3 is 36.6 Å². The highest BCUT2D eigenvalue weighted by atomic mass is 35.5. The second-order valence-corrected chi connectivity index (χ2v) is 15.6. The van der Waals surface area contributed by atoms with Crippen LogP contribution < -0.4 is 12.4 Å². The largest absolute Gasteiger partial charge is 1.00 e. The van der Waals surface area contributed by atoms with E-state index in [0.29, 0.717) is 17.6 Å². The van der Waals surface area contributed by atoms with Crippen molar-refractivity contribution in [2.75, 3.05) is 53.6 Å². The van der Waals surface area contributed by atoms with Crippen molar-refractivity contribution in [2.24, 2.45) is 0 Å². The lowest BCUT2D eigenvalue weighted by atomic mass is 10.1. The van der Waals surface area contributed by atoms with Gasteiger partial charge in [0.15, 0.2) is 0 Å². The standard InChI is InChI=1S/C44H88NO4.ClH/c1-5-7-9-11-13-15-17-19-21-23-25-27-29-31-33-35-37-48-42-44(40-45(3,4)39-43(47)41-46)49-38-36-34-32-30-28-26-24-22-20-18-16-14-12-10-8-6-2;/h19-22,43-44,46-47H,5-18,23-42H2,1-4H3;1H/q+1;/p-1/b21-19-,22-20-;/t43?,44-;/m0./s1. The van der Waals surface area contributed by atoms with Crippen molar-refractivity contribution in [1.82, 2.24) is 0 Å². The number of aliphatic hydroxyl groups is 2. The Balaban J connectivity index is 0. The van der Waals surface area contributed by atoms with Gasteiger partial charge in [0.05, 0.1) is 27.3 Å². The number of halogens is 1. The number of quaternary nitrogens is 1. The van der Waals surface area contributed by atoms with Gasteiger partial charge in [-0.15, -0.1) is 0 Å². The minimum Gasteiger partial charge on any atom is -1.00 e. The first-order valence-corrected chi connectivity index (χ1v) is 21.5. The number of allylic oxidation sites excluding steroid dienone is 4. The third kappa shape index (κ3) is 40.3. The van der Waals surface area contributed by atoms with E-state index in [-0.39, 0.29) is 25.1 Å². The Morgan fingerprint density at radius 3 is 1.26 bits per heavy atom. The Hall–Kier alpha value is -0.430. The third-order valence-corrected chi connectivity index (χ3v) is 9.73. The molecular formula is C44H88ClNO4. The highest BCUT2D eigenvalue weighted by molar-refractivity contribution is 4.82. The van der Waals surface area contributed by atoms with Crippen LogP contribution in [0.2, 0.25) is 0 Å². The Morgan fingerprint density at radius 2 is 0.860 bits per heavy atom. The predicted molar refractivity (Wildman–Crippen MR) is 214 cm³/mol. The molecule has 0 fully saturated rings. The maximum absolute atomic E-state index is 10.0. The van der Waals surface area contributed by atoms with Crippen molar-refractivity contribution in [2.45, 2.75) is 206 Å². The number of likely N-dealkylation sites (N-methyl/N-ethyl adjacent to an activating group) is 1. The zero-order chi connectivity index (χ0) is 35.9. The molecule has 0 bridgehead atoms. The van der Waals surface area contributed by atoms with Gasteiger partial charge in [-0.3, -0.25) is 0 Å². The van der Waals surface area contributed by atoms with Gasteiger partial charge in [0.25, 0.3) is 0 Å². The zero-order valence-corrected chi connectivity index (χ0v) is 34.8. The minimum atomic E-state index is -0.700. The van der Waals surface area contributed by atoms with Crippen LogP contribution in [0.5, 0.6) is 0 Å². The third-order valence-electron chi connectivity index (χ3n) is 9.73. The molecule has 0 rings (SSSR count). The molecule has 0 aliphatic carbocycles. The van der Waals surface area contributed by atoms with E-state index in [9.17, 15) is 10.2 Å². The molecule has 0 aromatic rings. The second-order valence-electron chi connectivity index (χ2n) is 15.6. The van der Waals surface area contributed by atoms with Crippen LogP contribution in [0, 0.1) is 0 Å². The first-order chi connectivity index (χ1) is 23.9. The Bertz CT molecular complexity index is 702. The van der Waals surface area contributed by atoms with Gasteiger partial charge in [-0.05, 0) is 64.2 Å². The number of unbranched alkanes of at least 4 members (excludes halogenated alkanes) is 24. The number of aliphatic hydroxyl groups excluding tert-OH is 2. The number of ether oxygens (including phenoxy) is 2. The van der Waals surface area contributed by atoms with Crippen LogP contribution in [-0.4, -0.2) is 80.5 Å². The van der Waals surface area contributed by atoms with Crippen molar-refractivity contribution < 1.29 is 36.6 Å². The first-order valence-electron chi connectivity index (χ1n) is 21.5. The average Bonchev–Trinajstić information content (AvgIpc) is 3.08. The molecule has 0 heterocycles. The van der Waals surface area contributed by atoms with Crippen LogP contribution in [0.15, 0.2) is 24.3 Å². The summed E-state index contributed by atoms with van der Waals surface area (Å²) < 4.78 is 13.1. The van der Waals surface area contributed by atoms with Gasteiger partial charge in [-0.1, -0.05) is 154 Å². The Labute approximate surface area is 319 Å². The van der Waals surface area contributed by atoms with Crippen LogP contribution >= 0.6 is 0 Å². The minimum absolute atomic E-state index is 0. The summed E-state index contributed by atoms with van der Waals surface area (Å²) in [6.45, 7) is 7.82. The molecule has 0 aliphatic heterocycles. The molecular weight excluding hydrogens is 642 g/mol. The van der Waals surface area contributed by atoms with E-state index in [4.69, 9.17) is 9.47 Å². The molecule has 0 spiro atoms. The molecule has 0 saturated heterocycles. The molecule has 0 saturated carbocycles. The van der Waals surface area contributed by atoms with Gasteiger partial charge in [-0.2, -0.15) is 0 Å². The van der Waals surface area contributed by atoms with Gasteiger partial charge in [0.2, 0.25) is 0 Å². The maximum Gasteiger partial charge on any atom is 0.130 e. The number of nitrogens with zero attached hydrogens (tertiary/aromatic N) is 1. The average molecular weight is 731 g/mol. The fourth-order valence-corrected chi connectivity index (χ4v) is 6.67. The van der Waals surface area contributed by atoms with E-state index in [1.54, 1.807) is 0 Å². The molecule has 5 nitrogen and oxygen atoms in total. The molecule has 50 heavy (non-hydrogen) atoms. The summed E-state index contributed by atoms with van der Waals surface area (Å²) in [6.07, 6.45) is 45.7. The fourth-order valence-electron chi connectivity index (χ4n) is 6.67.